The molecule has 7 rings (SSSR count). The van der Waals surface area contributed by atoms with Crippen LogP contribution < -0.4 is 37.1 Å². The van der Waals surface area contributed by atoms with Gasteiger partial charge in [0.05, 0.1) is 54.8 Å². The first kappa shape index (κ1) is 48.0. The summed E-state index contributed by atoms with van der Waals surface area (Å²) in [5, 5.41) is 55.9. The summed E-state index contributed by atoms with van der Waals surface area (Å²) in [6.45, 7) is 13.3. The number of rotatable bonds is 8. The summed E-state index contributed by atoms with van der Waals surface area (Å²) in [6.07, 6.45) is 4.08. The van der Waals surface area contributed by atoms with Crippen molar-refractivity contribution in [3.05, 3.63) is 85.5 Å². The van der Waals surface area contributed by atoms with Crippen molar-refractivity contribution in [1.82, 2.24) is 15.1 Å². The van der Waals surface area contributed by atoms with Crippen LogP contribution in [-0.2, 0) is 14.3 Å². The number of nitrogens with zero attached hydrogens (tertiary/aromatic N) is 4. The maximum Gasteiger partial charge on any atom is 0.555 e. The number of nitrogens with one attached hydrogen (secondary N) is 3. The van der Waals surface area contributed by atoms with Crippen molar-refractivity contribution >= 4 is 70.5 Å². The zero-order valence-electron chi connectivity index (χ0n) is 35.9. The number of nitrogens with two attached hydrogens (primary N) is 3. The van der Waals surface area contributed by atoms with Crippen LogP contribution in [0.5, 0.6) is 11.5 Å². The molecule has 0 aliphatic carbocycles. The molecule has 2 saturated heterocycles. The third-order valence-corrected chi connectivity index (χ3v) is 11.8. The molecule has 63 heavy (non-hydrogen) atoms. The molecule has 4 aliphatic rings. The maximum absolute atomic E-state index is 12.1. The molecule has 1 aromatic heterocycles. The summed E-state index contributed by atoms with van der Waals surface area (Å²) in [5.74, 6) is -0.540. The number of carbonyl (C=O) groups is 2. The number of halogens is 1. The predicted molar refractivity (Wildman–Crippen MR) is 242 cm³/mol. The van der Waals surface area contributed by atoms with E-state index in [4.69, 9.17) is 46.7 Å². The summed E-state index contributed by atoms with van der Waals surface area (Å²) >= 11 is 3.46. The van der Waals surface area contributed by atoms with Crippen LogP contribution in [0.4, 0.5) is 11.5 Å². The molecule has 0 bridgehead atoms. The molecule has 0 spiro atoms. The van der Waals surface area contributed by atoms with Crippen molar-refractivity contribution < 1.29 is 38.4 Å². The van der Waals surface area contributed by atoms with E-state index >= 15 is 0 Å². The number of carbonyl (C=O) groups excluding carboxylic acids is 2. The molecule has 11 N–H and O–H groups in total. The fourth-order valence-corrected chi connectivity index (χ4v) is 7.85. The number of hydrogen-bond donors (Lipinski definition) is 8. The van der Waals surface area contributed by atoms with Crippen molar-refractivity contribution in [3.63, 3.8) is 0 Å². The Hall–Kier alpha value is -6.09. The normalized spacial score (nSPS) is 20.5. The van der Waals surface area contributed by atoms with E-state index in [1.54, 1.807) is 10.9 Å². The van der Waals surface area contributed by atoms with Gasteiger partial charge in [0, 0.05) is 46.9 Å². The van der Waals surface area contributed by atoms with Crippen molar-refractivity contribution in [2.75, 3.05) is 31.7 Å². The standard InChI is InChI=1S/C21H24BN5O4.C11H12BBrO2.C10H15N5O2/c1-11-6-15(7-16-12(2)13(3)22(29)31-19(11)16)25-21-17(20(24)28)9-27(26-21)18-10-30-5-4-14(18)8-23;1-6-4-9(13)5-10-7(2)8(3)12(14)15-11(6)10;11-3-6-1-2-17-5-8(6)15-4-7(9(12)13)10(14)16/h6-7,9,14,18,29H,4-5,10H2,1-3H3,(H2,24,28)(H,25,26);4-5,14H,1-3H3;4,6,8,15H,1-2,5H2,(H3,12,13)(H2,14,16)/b;;7-4+/t14-,18+;;6-,8+/m1.0/s1. The highest BCUT2D eigenvalue weighted by atomic mass is 79.9. The molecule has 330 valence electrons. The Balaban J connectivity index is 0.000000197. The molecule has 0 radical (unpaired) electrons. The van der Waals surface area contributed by atoms with Gasteiger partial charge in [-0.2, -0.15) is 15.6 Å². The number of amidine groups is 1. The topological polar surface area (TPSA) is 303 Å². The Bertz CT molecular complexity index is 2440. The molecule has 2 aromatic carbocycles. The van der Waals surface area contributed by atoms with Gasteiger partial charge in [-0.25, -0.2) is 0 Å². The Morgan fingerprint density at radius 3 is 2.00 bits per heavy atom. The van der Waals surface area contributed by atoms with Gasteiger partial charge in [-0.15, -0.1) is 0 Å². The molecule has 4 atom stereocenters. The van der Waals surface area contributed by atoms with Crippen molar-refractivity contribution in [2.24, 2.45) is 29.0 Å². The van der Waals surface area contributed by atoms with E-state index in [1.165, 1.54) is 6.20 Å². The summed E-state index contributed by atoms with van der Waals surface area (Å²) in [6, 6.07) is 11.7. The van der Waals surface area contributed by atoms with Gasteiger partial charge in [0.25, 0.3) is 11.8 Å². The molecule has 18 nitrogen and oxygen atoms in total. The predicted octanol–water partition coefficient (Wildman–Crippen LogP) is 4.11. The number of ether oxygens (including phenoxy) is 2. The van der Waals surface area contributed by atoms with Crippen molar-refractivity contribution in [1.29, 1.82) is 15.9 Å². The van der Waals surface area contributed by atoms with Gasteiger partial charge in [-0.05, 0) is 112 Å². The second-order valence-electron chi connectivity index (χ2n) is 15.6. The lowest BCUT2D eigenvalue weighted by molar-refractivity contribution is -0.114. The Labute approximate surface area is 375 Å². The second-order valence-corrected chi connectivity index (χ2v) is 16.5. The van der Waals surface area contributed by atoms with E-state index in [0.717, 1.165) is 54.6 Å². The molecular formula is C42H51B2BrN10O8. The second kappa shape index (κ2) is 20.9. The molecule has 2 fully saturated rings. The molecule has 3 aromatic rings. The fourth-order valence-electron chi connectivity index (χ4n) is 7.28. The molecule has 2 amide bonds. The number of primary amides is 2. The number of hydrogen-bond acceptors (Lipinski definition) is 14. The first-order valence-electron chi connectivity index (χ1n) is 20.1. The zero-order valence-corrected chi connectivity index (χ0v) is 37.5. The van der Waals surface area contributed by atoms with Crippen LogP contribution in [0.15, 0.2) is 57.7 Å². The van der Waals surface area contributed by atoms with E-state index in [0.29, 0.717) is 56.5 Å². The van der Waals surface area contributed by atoms with Crippen LogP contribution in [0.25, 0.3) is 11.1 Å². The number of aromatic nitrogens is 2. The smallest absolute Gasteiger partial charge is 0.532 e. The average Bonchev–Trinajstić information content (AvgIpc) is 3.67. The Kier molecular flexibility index (Phi) is 15.9. The van der Waals surface area contributed by atoms with Crippen LogP contribution >= 0.6 is 15.9 Å². The molecule has 5 heterocycles. The highest BCUT2D eigenvalue weighted by Gasteiger charge is 2.32. The maximum atomic E-state index is 12.1. The fraction of sp³-hybridized carbons (Fsp3) is 0.381. The van der Waals surface area contributed by atoms with Gasteiger partial charge in [0.15, 0.2) is 5.82 Å². The number of nitriles is 2. The Morgan fingerprint density at radius 2 is 1.44 bits per heavy atom. The van der Waals surface area contributed by atoms with Crippen LogP contribution in [0.3, 0.4) is 0 Å². The lowest BCUT2D eigenvalue weighted by atomic mass is 9.73. The van der Waals surface area contributed by atoms with Gasteiger partial charge >= 0.3 is 14.2 Å². The van der Waals surface area contributed by atoms with Crippen molar-refractivity contribution in [3.8, 4) is 23.6 Å². The molecule has 0 unspecified atom stereocenters. The van der Waals surface area contributed by atoms with E-state index in [-0.39, 0.29) is 35.1 Å². The number of anilines is 2. The summed E-state index contributed by atoms with van der Waals surface area (Å²) in [4.78, 5) is 23.0. The third-order valence-electron chi connectivity index (χ3n) is 11.3. The molecule has 4 aliphatic heterocycles. The van der Waals surface area contributed by atoms with E-state index in [2.05, 4.69) is 43.8 Å². The van der Waals surface area contributed by atoms with Gasteiger partial charge < -0.3 is 56.7 Å². The largest absolute Gasteiger partial charge is 0.555 e. The first-order chi connectivity index (χ1) is 29.9. The first-order valence-corrected chi connectivity index (χ1v) is 20.9. The van der Waals surface area contributed by atoms with E-state index in [9.17, 15) is 24.9 Å². The van der Waals surface area contributed by atoms with Crippen LogP contribution in [0.2, 0.25) is 0 Å². The minimum absolute atomic E-state index is 0.104. The van der Waals surface area contributed by atoms with Crippen LogP contribution in [0.1, 0.15) is 79.2 Å². The number of aryl methyl sites for hydroxylation is 2. The minimum Gasteiger partial charge on any atom is -0.532 e. The zero-order chi connectivity index (χ0) is 46.3. The summed E-state index contributed by atoms with van der Waals surface area (Å²) in [5.41, 5.74) is 24.1. The number of fused-ring (bicyclic) bond motifs is 2. The third kappa shape index (κ3) is 11.1. The number of amides is 2. The molecule has 21 heteroatoms. The monoisotopic (exact) mass is 924 g/mol. The van der Waals surface area contributed by atoms with Gasteiger partial charge in [-0.1, -0.05) is 15.9 Å². The average molecular weight is 925 g/mol. The summed E-state index contributed by atoms with van der Waals surface area (Å²) < 4.78 is 24.5. The quantitative estimate of drug-likeness (QED) is 0.0683. The van der Waals surface area contributed by atoms with Gasteiger partial charge in [0.1, 0.15) is 22.9 Å². The molecule has 0 saturated carbocycles. The van der Waals surface area contributed by atoms with Crippen molar-refractivity contribution in [2.45, 2.75) is 66.5 Å². The molecular weight excluding hydrogens is 874 g/mol. The Morgan fingerprint density at radius 1 is 0.889 bits per heavy atom. The number of benzene rings is 2. The highest BCUT2D eigenvalue weighted by Crippen LogP contribution is 2.40. The highest BCUT2D eigenvalue weighted by molar-refractivity contribution is 9.10. The van der Waals surface area contributed by atoms with Crippen LogP contribution in [0, 0.1) is 53.8 Å². The van der Waals surface area contributed by atoms with Gasteiger partial charge in [0.2, 0.25) is 0 Å². The number of allylic oxidation sites excluding steroid dienone is 4. The lowest BCUT2D eigenvalue weighted by Gasteiger charge is -2.27. The van der Waals surface area contributed by atoms with Crippen LogP contribution in [-0.4, -0.2) is 84.2 Å². The minimum atomic E-state index is -0.965. The summed E-state index contributed by atoms with van der Waals surface area (Å²) in [7, 11) is -1.77. The van der Waals surface area contributed by atoms with E-state index in [1.807, 2.05) is 65.8 Å². The SMILES string of the molecule is CC1=C(C)c2cc(Br)cc(C)c2OB1O.CC1=C(C)c2cc(Nc3nn([C@H]4COCC[C@@H]4C#N)cc3C(N)=O)cc(C)c2OB1O.N#C[C@@H]1CCOC[C@H]1N/C=C(\C(=N)N)C(N)=O. The van der Waals surface area contributed by atoms with E-state index < -0.39 is 31.9 Å². The van der Waals surface area contributed by atoms with Gasteiger partial charge in [-0.3, -0.25) is 19.7 Å². The lowest BCUT2D eigenvalue weighted by Crippen LogP contribution is -2.41.